The number of hydrogen-bond acceptors (Lipinski definition) is 3. The smallest absolute Gasteiger partial charge is 0.326 e. The van der Waals surface area contributed by atoms with Crippen molar-refractivity contribution in [3.63, 3.8) is 0 Å². The van der Waals surface area contributed by atoms with Crippen LogP contribution in [0.15, 0.2) is 0 Å². The van der Waals surface area contributed by atoms with Gasteiger partial charge in [-0.15, -0.1) is 0 Å². The average Bonchev–Trinajstić information content (AvgIpc) is 2.82. The van der Waals surface area contributed by atoms with Gasteiger partial charge >= 0.3 is 5.97 Å². The lowest BCUT2D eigenvalue weighted by atomic mass is 9.96. The minimum absolute atomic E-state index is 0.0467. The molecule has 2 N–H and O–H groups in total. The predicted octanol–water partition coefficient (Wildman–Crippen LogP) is 1.00. The van der Waals surface area contributed by atoms with Gasteiger partial charge in [0, 0.05) is 24.9 Å². The maximum atomic E-state index is 12.0. The lowest BCUT2D eigenvalue weighted by Gasteiger charge is -2.21. The van der Waals surface area contributed by atoms with Crippen LogP contribution in [0.3, 0.4) is 0 Å². The van der Waals surface area contributed by atoms with Gasteiger partial charge in [-0.2, -0.15) is 0 Å². The van der Waals surface area contributed by atoms with Gasteiger partial charge in [-0.05, 0) is 19.3 Å². The van der Waals surface area contributed by atoms with E-state index in [-0.39, 0.29) is 18.2 Å². The number of amides is 2. The Hall–Kier alpha value is -1.59. The fraction of sp³-hybridized carbons (Fsp3) is 0.786. The first-order valence-electron chi connectivity index (χ1n) is 7.04. The molecule has 114 valence electrons. The van der Waals surface area contributed by atoms with E-state index in [1.807, 2.05) is 20.8 Å². The molecule has 0 aromatic carbocycles. The molecule has 0 aromatic heterocycles. The summed E-state index contributed by atoms with van der Waals surface area (Å²) >= 11 is 0. The van der Waals surface area contributed by atoms with Crippen LogP contribution in [0.1, 0.15) is 46.5 Å². The zero-order chi connectivity index (χ0) is 15.3. The largest absolute Gasteiger partial charge is 0.480 e. The fourth-order valence-electron chi connectivity index (χ4n) is 2.17. The molecular weight excluding hydrogens is 260 g/mol. The molecule has 0 saturated carbocycles. The SMILES string of the molecule is CC(C)(C)C(=O)NCCCC(=O)N1CCC[C@H]1C(=O)O. The Labute approximate surface area is 119 Å². The molecule has 1 rings (SSSR count). The third kappa shape index (κ3) is 4.51. The Morgan fingerprint density at radius 2 is 1.95 bits per heavy atom. The van der Waals surface area contributed by atoms with Crippen LogP contribution in [-0.2, 0) is 14.4 Å². The van der Waals surface area contributed by atoms with Gasteiger partial charge in [0.2, 0.25) is 11.8 Å². The molecule has 0 unspecified atom stereocenters. The van der Waals surface area contributed by atoms with E-state index in [1.54, 1.807) is 0 Å². The first-order chi connectivity index (χ1) is 9.23. The van der Waals surface area contributed by atoms with Gasteiger partial charge in [0.25, 0.3) is 0 Å². The number of likely N-dealkylation sites (tertiary alicyclic amines) is 1. The summed E-state index contributed by atoms with van der Waals surface area (Å²) in [6, 6.07) is -0.674. The first kappa shape index (κ1) is 16.5. The van der Waals surface area contributed by atoms with Crippen molar-refractivity contribution < 1.29 is 19.5 Å². The zero-order valence-corrected chi connectivity index (χ0v) is 12.4. The molecular formula is C14H24N2O4. The number of carboxylic acid groups (broad SMARTS) is 1. The van der Waals surface area contributed by atoms with E-state index >= 15 is 0 Å². The number of carboxylic acids is 1. The van der Waals surface area contributed by atoms with Crippen molar-refractivity contribution in [2.45, 2.75) is 52.5 Å². The quantitative estimate of drug-likeness (QED) is 0.737. The summed E-state index contributed by atoms with van der Waals surface area (Å²) in [5, 5.41) is 11.8. The maximum Gasteiger partial charge on any atom is 0.326 e. The highest BCUT2D eigenvalue weighted by atomic mass is 16.4. The van der Waals surface area contributed by atoms with Gasteiger partial charge in [-0.25, -0.2) is 4.79 Å². The second-order valence-electron chi connectivity index (χ2n) is 6.19. The highest BCUT2D eigenvalue weighted by Gasteiger charge is 2.33. The van der Waals surface area contributed by atoms with Crippen LogP contribution < -0.4 is 5.32 Å². The molecule has 1 fully saturated rings. The molecule has 1 aliphatic rings. The van der Waals surface area contributed by atoms with E-state index in [1.165, 1.54) is 4.90 Å². The van der Waals surface area contributed by atoms with E-state index < -0.39 is 17.4 Å². The van der Waals surface area contributed by atoms with Crippen molar-refractivity contribution in [1.29, 1.82) is 0 Å². The van der Waals surface area contributed by atoms with E-state index in [9.17, 15) is 14.4 Å². The van der Waals surface area contributed by atoms with E-state index in [4.69, 9.17) is 5.11 Å². The number of aliphatic carboxylic acids is 1. The zero-order valence-electron chi connectivity index (χ0n) is 12.4. The summed E-state index contributed by atoms with van der Waals surface area (Å²) in [6.45, 7) is 6.44. The van der Waals surface area contributed by atoms with Crippen molar-refractivity contribution in [3.8, 4) is 0 Å². The highest BCUT2D eigenvalue weighted by Crippen LogP contribution is 2.18. The molecule has 0 aromatic rings. The number of rotatable bonds is 5. The molecule has 1 saturated heterocycles. The number of nitrogens with zero attached hydrogens (tertiary/aromatic N) is 1. The van der Waals surface area contributed by atoms with Gasteiger partial charge in [-0.3, -0.25) is 9.59 Å². The molecule has 20 heavy (non-hydrogen) atoms. The predicted molar refractivity (Wildman–Crippen MR) is 74.1 cm³/mol. The van der Waals surface area contributed by atoms with Crippen LogP contribution in [-0.4, -0.2) is 46.9 Å². The normalized spacial score (nSPS) is 18.9. The van der Waals surface area contributed by atoms with Crippen molar-refractivity contribution in [2.75, 3.05) is 13.1 Å². The Kier molecular flexibility index (Phi) is 5.53. The van der Waals surface area contributed by atoms with E-state index in [0.717, 1.165) is 6.42 Å². The molecule has 1 heterocycles. The van der Waals surface area contributed by atoms with Crippen LogP contribution in [0.2, 0.25) is 0 Å². The lowest BCUT2D eigenvalue weighted by Crippen LogP contribution is -2.41. The van der Waals surface area contributed by atoms with Gasteiger partial charge < -0.3 is 15.3 Å². The van der Waals surface area contributed by atoms with E-state index in [0.29, 0.717) is 25.9 Å². The molecule has 0 aliphatic carbocycles. The highest BCUT2D eigenvalue weighted by molar-refractivity contribution is 5.84. The molecule has 6 nitrogen and oxygen atoms in total. The average molecular weight is 284 g/mol. The summed E-state index contributed by atoms with van der Waals surface area (Å²) < 4.78 is 0. The summed E-state index contributed by atoms with van der Waals surface area (Å²) in [5.74, 6) is -1.12. The minimum atomic E-state index is -0.933. The van der Waals surface area contributed by atoms with Crippen LogP contribution >= 0.6 is 0 Å². The molecule has 0 spiro atoms. The topological polar surface area (TPSA) is 86.7 Å². The van der Waals surface area contributed by atoms with Crippen molar-refractivity contribution in [3.05, 3.63) is 0 Å². The standard InChI is InChI=1S/C14H24N2O4/c1-14(2,3)13(20)15-8-4-7-11(17)16-9-5-6-10(16)12(18)19/h10H,4-9H2,1-3H3,(H,15,20)(H,18,19)/t10-/m0/s1. The van der Waals surface area contributed by atoms with Gasteiger partial charge in [0.15, 0.2) is 0 Å². The van der Waals surface area contributed by atoms with Crippen LogP contribution in [0.25, 0.3) is 0 Å². The third-order valence-electron chi connectivity index (χ3n) is 3.39. The molecule has 0 radical (unpaired) electrons. The second-order valence-corrected chi connectivity index (χ2v) is 6.19. The number of carbonyl (C=O) groups is 3. The second kappa shape index (κ2) is 6.72. The summed E-state index contributed by atoms with van der Waals surface area (Å²) in [6.07, 6.45) is 2.07. The van der Waals surface area contributed by atoms with Gasteiger partial charge in [0.1, 0.15) is 6.04 Å². The monoisotopic (exact) mass is 284 g/mol. The Morgan fingerprint density at radius 3 is 2.50 bits per heavy atom. The van der Waals surface area contributed by atoms with Crippen LogP contribution in [0.5, 0.6) is 0 Å². The van der Waals surface area contributed by atoms with Crippen molar-refractivity contribution in [1.82, 2.24) is 10.2 Å². The van der Waals surface area contributed by atoms with Crippen LogP contribution in [0, 0.1) is 5.41 Å². The number of carbonyl (C=O) groups excluding carboxylic acids is 2. The third-order valence-corrected chi connectivity index (χ3v) is 3.39. The van der Waals surface area contributed by atoms with E-state index in [2.05, 4.69) is 5.32 Å². The Morgan fingerprint density at radius 1 is 1.30 bits per heavy atom. The molecule has 0 bridgehead atoms. The summed E-state index contributed by atoms with van der Waals surface area (Å²) in [7, 11) is 0. The fourth-order valence-corrected chi connectivity index (χ4v) is 2.17. The maximum absolute atomic E-state index is 12.0. The lowest BCUT2D eigenvalue weighted by molar-refractivity contribution is -0.148. The molecule has 1 aliphatic heterocycles. The van der Waals surface area contributed by atoms with Gasteiger partial charge in [0.05, 0.1) is 0 Å². The van der Waals surface area contributed by atoms with Crippen molar-refractivity contribution in [2.24, 2.45) is 5.41 Å². The first-order valence-corrected chi connectivity index (χ1v) is 7.04. The molecule has 1 atom stereocenters. The Bertz CT molecular complexity index is 387. The van der Waals surface area contributed by atoms with Gasteiger partial charge in [-0.1, -0.05) is 20.8 Å². The Balaban J connectivity index is 2.30. The number of nitrogens with one attached hydrogen (secondary N) is 1. The molecule has 2 amide bonds. The number of hydrogen-bond donors (Lipinski definition) is 2. The summed E-state index contributed by atoms with van der Waals surface area (Å²) in [5.41, 5.74) is -0.437. The minimum Gasteiger partial charge on any atom is -0.480 e. The summed E-state index contributed by atoms with van der Waals surface area (Å²) in [4.78, 5) is 36.0. The van der Waals surface area contributed by atoms with Crippen molar-refractivity contribution >= 4 is 17.8 Å². The van der Waals surface area contributed by atoms with Crippen LogP contribution in [0.4, 0.5) is 0 Å². The molecule has 6 heteroatoms.